The Morgan fingerprint density at radius 3 is 3.08 bits per heavy atom. The van der Waals surface area contributed by atoms with Crippen LogP contribution in [0.5, 0.6) is 0 Å². The lowest BCUT2D eigenvalue weighted by Crippen LogP contribution is -2.53. The summed E-state index contributed by atoms with van der Waals surface area (Å²) in [6.07, 6.45) is -0.246. The molecule has 12 heavy (non-hydrogen) atoms. The molecule has 0 spiro atoms. The summed E-state index contributed by atoms with van der Waals surface area (Å²) in [5, 5.41) is 14.1. The van der Waals surface area contributed by atoms with Crippen LogP contribution in [0.1, 0.15) is 6.42 Å². The highest BCUT2D eigenvalue weighted by Crippen LogP contribution is 2.06. The van der Waals surface area contributed by atoms with Crippen molar-refractivity contribution in [3.05, 3.63) is 0 Å². The zero-order valence-corrected chi connectivity index (χ0v) is 7.04. The van der Waals surface area contributed by atoms with E-state index < -0.39 is 6.09 Å². The minimum Gasteiger partial charge on any atom is -0.465 e. The van der Waals surface area contributed by atoms with Crippen molar-refractivity contribution in [1.29, 1.82) is 0 Å². The van der Waals surface area contributed by atoms with E-state index in [1.807, 2.05) is 0 Å². The quantitative estimate of drug-likeness (QED) is 0.534. The molecule has 0 radical (unpaired) electrons. The molecule has 5 nitrogen and oxygen atoms in total. The summed E-state index contributed by atoms with van der Waals surface area (Å²) in [5.74, 6) is 0. The van der Waals surface area contributed by atoms with E-state index >= 15 is 0 Å². The van der Waals surface area contributed by atoms with E-state index in [0.717, 1.165) is 13.0 Å². The summed E-state index contributed by atoms with van der Waals surface area (Å²) in [6.45, 7) is 1.55. The molecule has 1 aliphatic rings. The average molecular weight is 174 g/mol. The topological polar surface area (TPSA) is 70.6 Å². The number of carbonyl (C=O) groups is 1. The Morgan fingerprint density at radius 1 is 1.75 bits per heavy atom. The predicted octanol–water partition coefficient (Wildman–Crippen LogP) is -0.369. The number of rotatable bonds is 2. The van der Waals surface area contributed by atoms with E-state index in [2.05, 4.69) is 10.6 Å². The molecule has 0 bridgehead atoms. The van der Waals surface area contributed by atoms with E-state index in [1.165, 1.54) is 0 Å². The SMILES string of the molecule is COC1CNCCC1NC(=O)O. The molecule has 5 heteroatoms. The first-order valence-corrected chi connectivity index (χ1v) is 3.97. The number of hydrogen-bond acceptors (Lipinski definition) is 3. The largest absolute Gasteiger partial charge is 0.465 e. The summed E-state index contributed by atoms with van der Waals surface area (Å²) in [5.41, 5.74) is 0. The van der Waals surface area contributed by atoms with Gasteiger partial charge >= 0.3 is 6.09 Å². The van der Waals surface area contributed by atoms with E-state index in [4.69, 9.17) is 9.84 Å². The van der Waals surface area contributed by atoms with E-state index in [-0.39, 0.29) is 12.1 Å². The molecule has 1 heterocycles. The zero-order chi connectivity index (χ0) is 8.97. The van der Waals surface area contributed by atoms with Crippen LogP contribution in [0.2, 0.25) is 0 Å². The van der Waals surface area contributed by atoms with Crippen LogP contribution in [0.4, 0.5) is 4.79 Å². The Morgan fingerprint density at radius 2 is 2.50 bits per heavy atom. The third-order valence-electron chi connectivity index (χ3n) is 2.04. The highest BCUT2D eigenvalue weighted by atomic mass is 16.5. The fourth-order valence-electron chi connectivity index (χ4n) is 1.40. The standard InChI is InChI=1S/C7H14N2O3/c1-12-6-4-8-3-2-5(6)9-7(10)11/h5-6,8-9H,2-4H2,1H3,(H,10,11). The van der Waals surface area contributed by atoms with Crippen molar-refractivity contribution in [3.63, 3.8) is 0 Å². The second-order valence-corrected chi connectivity index (χ2v) is 2.82. The molecule has 0 aromatic rings. The first-order valence-electron chi connectivity index (χ1n) is 3.97. The molecule has 1 fully saturated rings. The van der Waals surface area contributed by atoms with Crippen molar-refractivity contribution in [2.75, 3.05) is 20.2 Å². The van der Waals surface area contributed by atoms with Crippen molar-refractivity contribution in [2.24, 2.45) is 0 Å². The van der Waals surface area contributed by atoms with Gasteiger partial charge in [0.05, 0.1) is 12.1 Å². The van der Waals surface area contributed by atoms with Crippen molar-refractivity contribution in [1.82, 2.24) is 10.6 Å². The van der Waals surface area contributed by atoms with Crippen LogP contribution in [0, 0.1) is 0 Å². The van der Waals surface area contributed by atoms with Gasteiger partial charge < -0.3 is 20.5 Å². The minimum atomic E-state index is -0.982. The van der Waals surface area contributed by atoms with Gasteiger partial charge in [0, 0.05) is 13.7 Å². The molecule has 2 unspecified atom stereocenters. The van der Waals surface area contributed by atoms with Crippen LogP contribution < -0.4 is 10.6 Å². The van der Waals surface area contributed by atoms with Gasteiger partial charge in [-0.05, 0) is 13.0 Å². The molecule has 0 saturated carbocycles. The summed E-state index contributed by atoms with van der Waals surface area (Å²) in [6, 6.07) is -0.0752. The van der Waals surface area contributed by atoms with Crippen LogP contribution in [-0.4, -0.2) is 43.5 Å². The number of hydrogen-bond donors (Lipinski definition) is 3. The van der Waals surface area contributed by atoms with Gasteiger partial charge in [0.1, 0.15) is 0 Å². The highest BCUT2D eigenvalue weighted by Gasteiger charge is 2.25. The number of ether oxygens (including phenoxy) is 1. The van der Waals surface area contributed by atoms with Crippen LogP contribution in [-0.2, 0) is 4.74 Å². The Hall–Kier alpha value is -0.810. The Balaban J connectivity index is 2.41. The molecule has 2 atom stereocenters. The van der Waals surface area contributed by atoms with Gasteiger partial charge in [-0.25, -0.2) is 4.79 Å². The van der Waals surface area contributed by atoms with E-state index in [9.17, 15) is 4.79 Å². The van der Waals surface area contributed by atoms with Gasteiger partial charge in [-0.15, -0.1) is 0 Å². The van der Waals surface area contributed by atoms with Crippen molar-refractivity contribution in [3.8, 4) is 0 Å². The normalized spacial score (nSPS) is 29.8. The Bertz CT molecular complexity index is 163. The molecule has 0 aromatic heterocycles. The smallest absolute Gasteiger partial charge is 0.404 e. The second kappa shape index (κ2) is 4.27. The number of piperidine rings is 1. The lowest BCUT2D eigenvalue weighted by atomic mass is 10.0. The van der Waals surface area contributed by atoms with Crippen LogP contribution in [0.3, 0.4) is 0 Å². The first kappa shape index (κ1) is 9.28. The molecule has 1 aliphatic heterocycles. The monoisotopic (exact) mass is 174 g/mol. The maximum atomic E-state index is 10.3. The van der Waals surface area contributed by atoms with Crippen LogP contribution in [0.25, 0.3) is 0 Å². The van der Waals surface area contributed by atoms with Gasteiger partial charge in [0.25, 0.3) is 0 Å². The van der Waals surface area contributed by atoms with Crippen LogP contribution >= 0.6 is 0 Å². The van der Waals surface area contributed by atoms with Gasteiger partial charge in [-0.3, -0.25) is 0 Å². The molecule has 0 aliphatic carbocycles. The summed E-state index contributed by atoms with van der Waals surface area (Å²) in [4.78, 5) is 10.3. The lowest BCUT2D eigenvalue weighted by Gasteiger charge is -2.30. The summed E-state index contributed by atoms with van der Waals surface area (Å²) in [7, 11) is 1.59. The van der Waals surface area contributed by atoms with Gasteiger partial charge in [0.2, 0.25) is 0 Å². The lowest BCUT2D eigenvalue weighted by molar-refractivity contribution is 0.0517. The third kappa shape index (κ3) is 2.35. The number of nitrogens with one attached hydrogen (secondary N) is 2. The molecule has 70 valence electrons. The van der Waals surface area contributed by atoms with Crippen LogP contribution in [0.15, 0.2) is 0 Å². The molecule has 1 rings (SSSR count). The van der Waals surface area contributed by atoms with Crippen molar-refractivity contribution >= 4 is 6.09 Å². The maximum absolute atomic E-state index is 10.3. The molecular weight excluding hydrogens is 160 g/mol. The minimum absolute atomic E-state index is 0.0464. The maximum Gasteiger partial charge on any atom is 0.404 e. The Labute approximate surface area is 71.1 Å². The molecule has 1 saturated heterocycles. The fraction of sp³-hybridized carbons (Fsp3) is 0.857. The molecule has 3 N–H and O–H groups in total. The predicted molar refractivity (Wildman–Crippen MR) is 43.2 cm³/mol. The zero-order valence-electron chi connectivity index (χ0n) is 7.04. The average Bonchev–Trinajstić information content (AvgIpc) is 2.04. The number of carboxylic acid groups (broad SMARTS) is 1. The fourth-order valence-corrected chi connectivity index (χ4v) is 1.40. The number of methoxy groups -OCH3 is 1. The number of amides is 1. The van der Waals surface area contributed by atoms with Crippen molar-refractivity contribution in [2.45, 2.75) is 18.6 Å². The summed E-state index contributed by atoms with van der Waals surface area (Å²) >= 11 is 0. The molecule has 0 aromatic carbocycles. The van der Waals surface area contributed by atoms with Gasteiger partial charge in [0.15, 0.2) is 0 Å². The van der Waals surface area contributed by atoms with E-state index in [1.54, 1.807) is 7.11 Å². The van der Waals surface area contributed by atoms with Gasteiger partial charge in [-0.1, -0.05) is 0 Å². The third-order valence-corrected chi connectivity index (χ3v) is 2.04. The first-order chi connectivity index (χ1) is 5.74. The Kier molecular flexibility index (Phi) is 3.31. The summed E-state index contributed by atoms with van der Waals surface area (Å²) < 4.78 is 5.12. The van der Waals surface area contributed by atoms with E-state index in [0.29, 0.717) is 6.54 Å². The van der Waals surface area contributed by atoms with Crippen molar-refractivity contribution < 1.29 is 14.6 Å². The van der Waals surface area contributed by atoms with Gasteiger partial charge in [-0.2, -0.15) is 0 Å². The molecular formula is C7H14N2O3. The highest BCUT2D eigenvalue weighted by molar-refractivity contribution is 5.64. The second-order valence-electron chi connectivity index (χ2n) is 2.82. The molecule has 1 amide bonds.